The van der Waals surface area contributed by atoms with Gasteiger partial charge in [-0.2, -0.15) is 0 Å². The lowest BCUT2D eigenvalue weighted by atomic mass is 10.1. The van der Waals surface area contributed by atoms with Gasteiger partial charge in [0.1, 0.15) is 11.9 Å². The van der Waals surface area contributed by atoms with Crippen LogP contribution in [0, 0.1) is 0 Å². The van der Waals surface area contributed by atoms with Crippen molar-refractivity contribution >= 4 is 5.91 Å². The summed E-state index contributed by atoms with van der Waals surface area (Å²) in [4.78, 5) is 18.2. The number of aromatic nitrogens is 1. The molecule has 2 N–H and O–H groups in total. The molecule has 1 aliphatic rings. The molecule has 0 radical (unpaired) electrons. The van der Waals surface area contributed by atoms with Gasteiger partial charge in [0.25, 0.3) is 0 Å². The third-order valence-corrected chi connectivity index (χ3v) is 3.88. The normalized spacial score (nSPS) is 17.2. The van der Waals surface area contributed by atoms with Gasteiger partial charge in [-0.25, -0.2) is 0 Å². The van der Waals surface area contributed by atoms with Crippen molar-refractivity contribution in [2.75, 3.05) is 33.2 Å². The summed E-state index contributed by atoms with van der Waals surface area (Å²) in [5.41, 5.74) is 0. The number of carbonyl (C=O) groups excluding carboxylic acids is 1. The van der Waals surface area contributed by atoms with Gasteiger partial charge >= 0.3 is 0 Å². The van der Waals surface area contributed by atoms with Crippen LogP contribution < -0.4 is 15.4 Å². The Labute approximate surface area is 132 Å². The molecule has 6 heteroatoms. The maximum atomic E-state index is 12.0. The molecule has 1 aliphatic heterocycles. The van der Waals surface area contributed by atoms with Crippen LogP contribution in [0.3, 0.4) is 0 Å². The van der Waals surface area contributed by atoms with Gasteiger partial charge in [0.2, 0.25) is 5.91 Å². The summed E-state index contributed by atoms with van der Waals surface area (Å²) >= 11 is 0. The second-order valence-electron chi connectivity index (χ2n) is 5.82. The van der Waals surface area contributed by atoms with Crippen molar-refractivity contribution in [1.82, 2.24) is 20.5 Å². The molecular weight excluding hydrogens is 280 g/mol. The number of hydrogen-bond acceptors (Lipinski definition) is 5. The zero-order valence-corrected chi connectivity index (χ0v) is 13.4. The lowest BCUT2D eigenvalue weighted by Crippen LogP contribution is -2.46. The molecule has 1 aromatic heterocycles. The van der Waals surface area contributed by atoms with E-state index in [-0.39, 0.29) is 12.0 Å². The Morgan fingerprint density at radius 3 is 3.00 bits per heavy atom. The van der Waals surface area contributed by atoms with Crippen LogP contribution >= 0.6 is 0 Å². The third-order valence-electron chi connectivity index (χ3n) is 3.88. The average Bonchev–Trinajstić information content (AvgIpc) is 2.55. The quantitative estimate of drug-likeness (QED) is 0.774. The largest absolute Gasteiger partial charge is 0.487 e. The van der Waals surface area contributed by atoms with E-state index in [0.717, 1.165) is 31.7 Å². The maximum Gasteiger partial charge on any atom is 0.234 e. The molecule has 2 rings (SSSR count). The number of rotatable bonds is 7. The molecule has 1 amide bonds. The van der Waals surface area contributed by atoms with Crippen LogP contribution in [0.4, 0.5) is 0 Å². The van der Waals surface area contributed by atoms with Gasteiger partial charge in [-0.15, -0.1) is 0 Å². The number of ether oxygens (including phenoxy) is 1. The van der Waals surface area contributed by atoms with Gasteiger partial charge in [0.15, 0.2) is 0 Å². The minimum atomic E-state index is -0.0858. The third kappa shape index (κ3) is 5.61. The Balaban J connectivity index is 1.66. The van der Waals surface area contributed by atoms with E-state index in [1.165, 1.54) is 0 Å². The van der Waals surface area contributed by atoms with E-state index in [9.17, 15) is 4.79 Å². The van der Waals surface area contributed by atoms with Crippen molar-refractivity contribution < 1.29 is 9.53 Å². The van der Waals surface area contributed by atoms with E-state index in [2.05, 4.69) is 20.5 Å². The van der Waals surface area contributed by atoms with Crippen LogP contribution in [0.5, 0.6) is 5.75 Å². The number of carbonyl (C=O) groups is 1. The fourth-order valence-corrected chi connectivity index (χ4v) is 2.61. The SMILES string of the molecule is C[C@H](CNC(=O)CN(C)C1CCNCC1)Oc1cccnc1. The Hall–Kier alpha value is -1.66. The molecule has 6 nitrogen and oxygen atoms in total. The Kier molecular flexibility index (Phi) is 6.61. The van der Waals surface area contributed by atoms with Gasteiger partial charge in [-0.3, -0.25) is 14.7 Å². The first-order chi connectivity index (χ1) is 10.6. The first-order valence-electron chi connectivity index (χ1n) is 7.89. The number of hydrogen-bond donors (Lipinski definition) is 2. The second-order valence-corrected chi connectivity index (χ2v) is 5.82. The molecule has 2 heterocycles. The van der Waals surface area contributed by atoms with Gasteiger partial charge in [0.05, 0.1) is 19.3 Å². The lowest BCUT2D eigenvalue weighted by molar-refractivity contribution is -0.122. The minimum absolute atomic E-state index is 0.0441. The van der Waals surface area contributed by atoms with Crippen LogP contribution in [-0.2, 0) is 4.79 Å². The van der Waals surface area contributed by atoms with E-state index >= 15 is 0 Å². The summed E-state index contributed by atoms with van der Waals surface area (Å²) in [5, 5.41) is 6.27. The van der Waals surface area contributed by atoms with Crippen molar-refractivity contribution in [3.63, 3.8) is 0 Å². The van der Waals surface area contributed by atoms with E-state index in [0.29, 0.717) is 19.1 Å². The molecule has 22 heavy (non-hydrogen) atoms. The zero-order chi connectivity index (χ0) is 15.8. The molecule has 0 unspecified atom stereocenters. The van der Waals surface area contributed by atoms with Crippen molar-refractivity contribution in [2.24, 2.45) is 0 Å². The molecule has 0 spiro atoms. The molecule has 122 valence electrons. The predicted octanol–water partition coefficient (Wildman–Crippen LogP) is 0.649. The molecule has 1 saturated heterocycles. The smallest absolute Gasteiger partial charge is 0.234 e. The zero-order valence-electron chi connectivity index (χ0n) is 13.4. The van der Waals surface area contributed by atoms with Crippen LogP contribution in [0.25, 0.3) is 0 Å². The lowest BCUT2D eigenvalue weighted by Gasteiger charge is -2.31. The molecule has 0 saturated carbocycles. The molecule has 1 aromatic rings. The number of amides is 1. The van der Waals surface area contributed by atoms with Gasteiger partial charge in [-0.05, 0) is 52.0 Å². The number of likely N-dealkylation sites (N-methyl/N-ethyl adjacent to an activating group) is 1. The fraction of sp³-hybridized carbons (Fsp3) is 0.625. The molecule has 1 fully saturated rings. The van der Waals surface area contributed by atoms with Crippen LogP contribution in [0.15, 0.2) is 24.5 Å². The monoisotopic (exact) mass is 306 g/mol. The summed E-state index contributed by atoms with van der Waals surface area (Å²) < 4.78 is 5.69. The highest BCUT2D eigenvalue weighted by atomic mass is 16.5. The topological polar surface area (TPSA) is 66.5 Å². The summed E-state index contributed by atoms with van der Waals surface area (Å²) in [6, 6.07) is 4.18. The van der Waals surface area contributed by atoms with Crippen LogP contribution in [0.2, 0.25) is 0 Å². The van der Waals surface area contributed by atoms with E-state index < -0.39 is 0 Å². The molecule has 0 aromatic carbocycles. The number of nitrogens with one attached hydrogen (secondary N) is 2. The summed E-state index contributed by atoms with van der Waals surface area (Å²) in [6.07, 6.45) is 5.49. The molecule has 1 atom stereocenters. The van der Waals surface area contributed by atoms with Crippen molar-refractivity contribution in [3.05, 3.63) is 24.5 Å². The Bertz CT molecular complexity index is 449. The van der Waals surface area contributed by atoms with E-state index in [1.807, 2.05) is 26.1 Å². The number of piperidine rings is 1. The molecule has 0 aliphatic carbocycles. The summed E-state index contributed by atoms with van der Waals surface area (Å²) in [5.74, 6) is 0.763. The Morgan fingerprint density at radius 1 is 1.55 bits per heavy atom. The van der Waals surface area contributed by atoms with Crippen LogP contribution in [0.1, 0.15) is 19.8 Å². The average molecular weight is 306 g/mol. The maximum absolute atomic E-state index is 12.0. The molecule has 0 bridgehead atoms. The predicted molar refractivity (Wildman–Crippen MR) is 85.9 cm³/mol. The highest BCUT2D eigenvalue weighted by molar-refractivity contribution is 5.78. The number of nitrogens with zero attached hydrogens (tertiary/aromatic N) is 2. The van der Waals surface area contributed by atoms with Gasteiger partial charge in [0, 0.05) is 12.2 Å². The highest BCUT2D eigenvalue weighted by Crippen LogP contribution is 2.10. The fourth-order valence-electron chi connectivity index (χ4n) is 2.61. The van der Waals surface area contributed by atoms with Gasteiger partial charge in [-0.1, -0.05) is 0 Å². The van der Waals surface area contributed by atoms with Crippen molar-refractivity contribution in [3.8, 4) is 5.75 Å². The summed E-state index contributed by atoms with van der Waals surface area (Å²) in [6.45, 7) is 4.93. The van der Waals surface area contributed by atoms with E-state index in [1.54, 1.807) is 12.4 Å². The second kappa shape index (κ2) is 8.70. The van der Waals surface area contributed by atoms with E-state index in [4.69, 9.17) is 4.74 Å². The summed E-state index contributed by atoms with van der Waals surface area (Å²) in [7, 11) is 2.02. The minimum Gasteiger partial charge on any atom is -0.487 e. The number of pyridine rings is 1. The van der Waals surface area contributed by atoms with Crippen molar-refractivity contribution in [1.29, 1.82) is 0 Å². The van der Waals surface area contributed by atoms with Crippen LogP contribution in [-0.4, -0.2) is 61.2 Å². The van der Waals surface area contributed by atoms with Gasteiger partial charge < -0.3 is 15.4 Å². The highest BCUT2D eigenvalue weighted by Gasteiger charge is 2.19. The Morgan fingerprint density at radius 2 is 2.32 bits per heavy atom. The first-order valence-corrected chi connectivity index (χ1v) is 7.89. The first kappa shape index (κ1) is 16.7. The standard InChI is InChI=1S/C16H26N4O2/c1-13(22-15-4-3-7-18-11-15)10-19-16(21)12-20(2)14-5-8-17-9-6-14/h3-4,7,11,13-14,17H,5-6,8-10,12H2,1-2H3,(H,19,21)/t13-/m1/s1. The molecular formula is C16H26N4O2. The van der Waals surface area contributed by atoms with Crippen molar-refractivity contribution in [2.45, 2.75) is 31.9 Å².